The van der Waals surface area contributed by atoms with Crippen LogP contribution in [0.3, 0.4) is 0 Å². The number of piperazine rings is 1. The number of aromatic nitrogens is 1. The van der Waals surface area contributed by atoms with Crippen LogP contribution in [0.1, 0.15) is 0 Å². The average molecular weight is 453 g/mol. The molecule has 2 aliphatic rings. The normalized spacial score (nSPS) is 17.8. The molecule has 1 amide bonds. The van der Waals surface area contributed by atoms with Gasteiger partial charge in [-0.25, -0.2) is 13.4 Å². The number of halogens is 1. The van der Waals surface area contributed by atoms with Crippen molar-refractivity contribution in [2.75, 3.05) is 43.0 Å². The topological polar surface area (TPSA) is 91.8 Å². The van der Waals surface area contributed by atoms with E-state index in [1.165, 1.54) is 16.4 Å². The molecule has 27 heavy (non-hydrogen) atoms. The van der Waals surface area contributed by atoms with Gasteiger partial charge in [0, 0.05) is 36.8 Å². The molecule has 3 heterocycles. The lowest BCUT2D eigenvalue weighted by Gasteiger charge is -2.34. The van der Waals surface area contributed by atoms with Crippen molar-refractivity contribution in [3.8, 4) is 5.75 Å². The van der Waals surface area contributed by atoms with Gasteiger partial charge < -0.3 is 15.0 Å². The zero-order chi connectivity index (χ0) is 19.0. The Hall–Kier alpha value is -2.17. The molecule has 0 bridgehead atoms. The fourth-order valence-electron chi connectivity index (χ4n) is 3.08. The number of carbonyl (C=O) groups excluding carboxylic acids is 1. The van der Waals surface area contributed by atoms with Crippen LogP contribution in [0.15, 0.2) is 45.9 Å². The van der Waals surface area contributed by atoms with Crippen LogP contribution in [0.2, 0.25) is 0 Å². The number of amides is 1. The first-order valence-electron chi connectivity index (χ1n) is 8.37. The summed E-state index contributed by atoms with van der Waals surface area (Å²) in [5, 5.41) is 2.64. The lowest BCUT2D eigenvalue weighted by atomic mass is 10.2. The fraction of sp³-hybridized carbons (Fsp3) is 0.294. The molecule has 10 heteroatoms. The molecule has 0 spiro atoms. The van der Waals surface area contributed by atoms with Crippen molar-refractivity contribution < 1.29 is 17.9 Å². The monoisotopic (exact) mass is 452 g/mol. The van der Waals surface area contributed by atoms with E-state index >= 15 is 0 Å². The summed E-state index contributed by atoms with van der Waals surface area (Å²) >= 11 is 3.36. The quantitative estimate of drug-likeness (QED) is 0.761. The third kappa shape index (κ3) is 3.64. The Kier molecular flexibility index (Phi) is 4.79. The maximum atomic E-state index is 13.0. The third-order valence-corrected chi connectivity index (χ3v) is 6.86. The minimum atomic E-state index is -3.65. The van der Waals surface area contributed by atoms with Crippen LogP contribution in [0, 0.1) is 0 Å². The van der Waals surface area contributed by atoms with Crippen molar-refractivity contribution in [1.82, 2.24) is 9.29 Å². The summed E-state index contributed by atoms with van der Waals surface area (Å²) < 4.78 is 33.6. The number of ether oxygens (including phenoxy) is 1. The second kappa shape index (κ2) is 7.10. The molecule has 142 valence electrons. The molecule has 0 saturated carbocycles. The molecule has 0 radical (unpaired) electrons. The van der Waals surface area contributed by atoms with E-state index in [0.717, 1.165) is 10.3 Å². The van der Waals surface area contributed by atoms with Crippen molar-refractivity contribution in [1.29, 1.82) is 0 Å². The molecule has 2 aromatic rings. The molecule has 1 fully saturated rings. The molecule has 0 atom stereocenters. The summed E-state index contributed by atoms with van der Waals surface area (Å²) in [6, 6.07) is 8.34. The number of hydrogen-bond donors (Lipinski definition) is 1. The van der Waals surface area contributed by atoms with Gasteiger partial charge in [-0.05, 0) is 46.3 Å². The van der Waals surface area contributed by atoms with Gasteiger partial charge in [-0.15, -0.1) is 0 Å². The summed E-state index contributed by atoms with van der Waals surface area (Å²) in [6.07, 6.45) is 1.72. The van der Waals surface area contributed by atoms with Gasteiger partial charge in [0.05, 0.1) is 10.6 Å². The zero-order valence-corrected chi connectivity index (χ0v) is 16.7. The van der Waals surface area contributed by atoms with Gasteiger partial charge in [-0.3, -0.25) is 4.79 Å². The summed E-state index contributed by atoms with van der Waals surface area (Å²) in [7, 11) is -3.65. The Bertz CT molecular complexity index is 973. The van der Waals surface area contributed by atoms with Gasteiger partial charge in [-0.2, -0.15) is 4.31 Å². The number of sulfonamides is 1. The van der Waals surface area contributed by atoms with E-state index < -0.39 is 10.0 Å². The van der Waals surface area contributed by atoms with E-state index in [0.29, 0.717) is 37.6 Å². The van der Waals surface area contributed by atoms with E-state index in [-0.39, 0.29) is 17.4 Å². The Morgan fingerprint density at radius 1 is 1.11 bits per heavy atom. The van der Waals surface area contributed by atoms with E-state index in [2.05, 4.69) is 31.1 Å². The molecular formula is C17H17BrN4O4S. The number of benzene rings is 1. The minimum absolute atomic E-state index is 0.0643. The number of fused-ring (bicyclic) bond motifs is 1. The number of nitrogens with zero attached hydrogens (tertiary/aromatic N) is 3. The molecule has 2 aliphatic heterocycles. The van der Waals surface area contributed by atoms with Gasteiger partial charge in [0.2, 0.25) is 10.0 Å². The maximum Gasteiger partial charge on any atom is 0.262 e. The zero-order valence-electron chi connectivity index (χ0n) is 14.3. The third-order valence-electron chi connectivity index (χ3n) is 4.50. The predicted octanol–water partition coefficient (Wildman–Crippen LogP) is 1.69. The highest BCUT2D eigenvalue weighted by Crippen LogP contribution is 2.31. The summed E-state index contributed by atoms with van der Waals surface area (Å²) in [5.74, 6) is 0.997. The number of hydrogen-bond acceptors (Lipinski definition) is 6. The smallest absolute Gasteiger partial charge is 0.262 e. The van der Waals surface area contributed by atoms with Crippen LogP contribution in [-0.2, 0) is 14.8 Å². The highest BCUT2D eigenvalue weighted by Gasteiger charge is 2.30. The van der Waals surface area contributed by atoms with Crippen molar-refractivity contribution in [2.24, 2.45) is 0 Å². The molecule has 1 aromatic carbocycles. The lowest BCUT2D eigenvalue weighted by Crippen LogP contribution is -2.48. The Labute approximate surface area is 165 Å². The number of carbonyl (C=O) groups is 1. The molecular weight excluding hydrogens is 436 g/mol. The molecule has 0 unspecified atom stereocenters. The molecule has 4 rings (SSSR count). The number of anilines is 2. The van der Waals surface area contributed by atoms with Crippen molar-refractivity contribution in [3.63, 3.8) is 0 Å². The van der Waals surface area contributed by atoms with Crippen LogP contribution in [0.5, 0.6) is 5.75 Å². The Balaban J connectivity index is 1.49. The Morgan fingerprint density at radius 3 is 2.59 bits per heavy atom. The number of rotatable bonds is 3. The van der Waals surface area contributed by atoms with E-state index in [1.807, 2.05) is 12.1 Å². The standard InChI is InChI=1S/C17H17BrN4O4S/c18-12-1-4-16(19-10-12)21-5-7-22(8-6-21)27(24,25)13-2-3-15-14(9-13)20-17(23)11-26-15/h1-4,9-10H,5-8,11H2,(H,20,23). The number of nitrogens with one attached hydrogen (secondary N) is 1. The van der Waals surface area contributed by atoms with Gasteiger partial charge in [0.15, 0.2) is 6.61 Å². The molecule has 1 aromatic heterocycles. The van der Waals surface area contributed by atoms with Crippen molar-refractivity contribution >= 4 is 43.4 Å². The van der Waals surface area contributed by atoms with Gasteiger partial charge in [0.1, 0.15) is 11.6 Å². The van der Waals surface area contributed by atoms with Gasteiger partial charge >= 0.3 is 0 Å². The average Bonchev–Trinajstić information content (AvgIpc) is 2.68. The van der Waals surface area contributed by atoms with Crippen LogP contribution in [0.25, 0.3) is 0 Å². The Morgan fingerprint density at radius 2 is 1.89 bits per heavy atom. The second-order valence-electron chi connectivity index (χ2n) is 6.22. The first-order chi connectivity index (χ1) is 12.9. The highest BCUT2D eigenvalue weighted by atomic mass is 79.9. The highest BCUT2D eigenvalue weighted by molar-refractivity contribution is 9.10. The van der Waals surface area contributed by atoms with Crippen LogP contribution >= 0.6 is 15.9 Å². The van der Waals surface area contributed by atoms with Crippen molar-refractivity contribution in [2.45, 2.75) is 4.90 Å². The van der Waals surface area contributed by atoms with Gasteiger partial charge in [0.25, 0.3) is 5.91 Å². The molecule has 1 saturated heterocycles. The second-order valence-corrected chi connectivity index (χ2v) is 9.07. The summed E-state index contributed by atoms with van der Waals surface area (Å²) in [4.78, 5) is 18.0. The van der Waals surface area contributed by atoms with E-state index in [9.17, 15) is 13.2 Å². The predicted molar refractivity (Wildman–Crippen MR) is 103 cm³/mol. The van der Waals surface area contributed by atoms with Crippen LogP contribution in [0.4, 0.5) is 11.5 Å². The van der Waals surface area contributed by atoms with Crippen LogP contribution in [-0.4, -0.2) is 56.4 Å². The summed E-state index contributed by atoms with van der Waals surface area (Å²) in [6.45, 7) is 1.77. The lowest BCUT2D eigenvalue weighted by molar-refractivity contribution is -0.118. The van der Waals surface area contributed by atoms with Gasteiger partial charge in [-0.1, -0.05) is 0 Å². The first kappa shape index (κ1) is 18.2. The molecule has 0 aliphatic carbocycles. The van der Waals surface area contributed by atoms with E-state index in [1.54, 1.807) is 12.3 Å². The molecule has 1 N–H and O–H groups in total. The largest absolute Gasteiger partial charge is 0.482 e. The SMILES string of the molecule is O=C1COc2ccc(S(=O)(=O)N3CCN(c4ccc(Br)cn4)CC3)cc2N1. The molecule has 8 nitrogen and oxygen atoms in total. The minimum Gasteiger partial charge on any atom is -0.482 e. The number of pyridine rings is 1. The summed E-state index contributed by atoms with van der Waals surface area (Å²) in [5.41, 5.74) is 0.380. The fourth-order valence-corrected chi connectivity index (χ4v) is 4.77. The van der Waals surface area contributed by atoms with Crippen LogP contribution < -0.4 is 15.0 Å². The van der Waals surface area contributed by atoms with Crippen molar-refractivity contribution in [3.05, 3.63) is 41.0 Å². The van der Waals surface area contributed by atoms with E-state index in [4.69, 9.17) is 4.74 Å². The first-order valence-corrected chi connectivity index (χ1v) is 10.6. The maximum absolute atomic E-state index is 13.0.